The van der Waals surface area contributed by atoms with E-state index in [9.17, 15) is 4.79 Å². The van der Waals surface area contributed by atoms with Gasteiger partial charge in [0.1, 0.15) is 11.8 Å². The molecule has 2 aromatic carbocycles. The van der Waals surface area contributed by atoms with E-state index in [1.54, 1.807) is 7.11 Å². The van der Waals surface area contributed by atoms with Crippen molar-refractivity contribution in [3.63, 3.8) is 0 Å². The minimum absolute atomic E-state index is 0.0907. The van der Waals surface area contributed by atoms with E-state index in [0.717, 1.165) is 53.7 Å². The zero-order valence-corrected chi connectivity index (χ0v) is 20.8. The van der Waals surface area contributed by atoms with Crippen molar-refractivity contribution in [2.75, 3.05) is 20.2 Å². The van der Waals surface area contributed by atoms with Crippen LogP contribution >= 0.6 is 0 Å². The number of nitrogens with zero attached hydrogens (tertiary/aromatic N) is 5. The summed E-state index contributed by atoms with van der Waals surface area (Å²) >= 11 is 0. The number of fused-ring (bicyclic) bond motifs is 1. The zero-order chi connectivity index (χ0) is 24.5. The molecule has 35 heavy (non-hydrogen) atoms. The summed E-state index contributed by atoms with van der Waals surface area (Å²) in [5, 5.41) is 13.8. The first-order valence-electron chi connectivity index (χ1n) is 12.2. The summed E-state index contributed by atoms with van der Waals surface area (Å²) in [6, 6.07) is 13.8. The largest absolute Gasteiger partial charge is 0.497 e. The van der Waals surface area contributed by atoms with Crippen LogP contribution in [0, 0.1) is 19.8 Å². The maximum atomic E-state index is 13.5. The first-order valence-corrected chi connectivity index (χ1v) is 12.2. The van der Waals surface area contributed by atoms with Gasteiger partial charge in [0.05, 0.1) is 19.2 Å². The Morgan fingerprint density at radius 3 is 2.57 bits per heavy atom. The molecule has 182 valence electrons. The lowest BCUT2D eigenvalue weighted by molar-refractivity contribution is 0.149. The predicted molar refractivity (Wildman–Crippen MR) is 136 cm³/mol. The van der Waals surface area contributed by atoms with Gasteiger partial charge in [-0.15, -0.1) is 5.10 Å². The molecule has 1 fully saturated rings. The maximum absolute atomic E-state index is 13.5. The Labute approximate surface area is 204 Å². The molecule has 0 bridgehead atoms. The van der Waals surface area contributed by atoms with E-state index in [1.807, 2.05) is 41.9 Å². The number of hydrogen-bond acceptors (Lipinski definition) is 6. The highest BCUT2D eigenvalue weighted by Crippen LogP contribution is 2.31. The van der Waals surface area contributed by atoms with Crippen molar-refractivity contribution in [3.05, 3.63) is 80.9 Å². The highest BCUT2D eigenvalue weighted by Gasteiger charge is 2.32. The van der Waals surface area contributed by atoms with Gasteiger partial charge in [0.2, 0.25) is 0 Å². The van der Waals surface area contributed by atoms with E-state index in [2.05, 4.69) is 51.4 Å². The minimum Gasteiger partial charge on any atom is -0.497 e. The second-order valence-electron chi connectivity index (χ2n) is 9.76. The molecule has 0 aliphatic carbocycles. The molecule has 8 nitrogen and oxygen atoms in total. The predicted octanol–water partition coefficient (Wildman–Crippen LogP) is 4.01. The van der Waals surface area contributed by atoms with E-state index in [0.29, 0.717) is 23.9 Å². The number of aromatic amines is 1. The molecule has 3 heterocycles. The summed E-state index contributed by atoms with van der Waals surface area (Å²) < 4.78 is 7.10. The molecule has 4 aromatic rings. The van der Waals surface area contributed by atoms with Gasteiger partial charge >= 0.3 is 0 Å². The number of ether oxygens (including phenoxy) is 1. The molecule has 1 aliphatic rings. The number of aryl methyl sites for hydroxylation is 2. The van der Waals surface area contributed by atoms with Gasteiger partial charge in [0, 0.05) is 5.56 Å². The monoisotopic (exact) mass is 472 g/mol. The molecule has 0 amide bonds. The quantitative estimate of drug-likeness (QED) is 0.456. The smallest absolute Gasteiger partial charge is 0.253 e. The van der Waals surface area contributed by atoms with Crippen molar-refractivity contribution >= 4 is 10.9 Å². The van der Waals surface area contributed by atoms with Crippen molar-refractivity contribution in [1.29, 1.82) is 0 Å². The number of H-pyrrole nitrogens is 1. The summed E-state index contributed by atoms with van der Waals surface area (Å²) in [6.07, 6.45) is 2.17. The normalized spacial score (nSPS) is 16.0. The molecule has 8 heteroatoms. The number of aromatic nitrogens is 5. The van der Waals surface area contributed by atoms with Crippen molar-refractivity contribution in [2.24, 2.45) is 5.92 Å². The summed E-state index contributed by atoms with van der Waals surface area (Å²) in [5.74, 6) is 2.16. The van der Waals surface area contributed by atoms with Crippen LogP contribution in [0.2, 0.25) is 0 Å². The minimum atomic E-state index is -0.329. The first-order chi connectivity index (χ1) is 16.9. The Kier molecular flexibility index (Phi) is 6.38. The Bertz CT molecular complexity index is 1380. The number of methoxy groups -OCH3 is 1. The van der Waals surface area contributed by atoms with Gasteiger partial charge < -0.3 is 9.72 Å². The Morgan fingerprint density at radius 1 is 1.11 bits per heavy atom. The van der Waals surface area contributed by atoms with Gasteiger partial charge in [-0.1, -0.05) is 30.7 Å². The van der Waals surface area contributed by atoms with Crippen LogP contribution in [0.1, 0.15) is 53.9 Å². The zero-order valence-electron chi connectivity index (χ0n) is 20.8. The number of hydrogen-bond donors (Lipinski definition) is 1. The molecule has 0 saturated carbocycles. The van der Waals surface area contributed by atoms with Crippen molar-refractivity contribution in [3.8, 4) is 5.75 Å². The number of tetrazole rings is 1. The molecular weight excluding hydrogens is 440 g/mol. The summed E-state index contributed by atoms with van der Waals surface area (Å²) in [5.41, 5.74) is 4.77. The lowest BCUT2D eigenvalue weighted by atomic mass is 9.95. The summed E-state index contributed by atoms with van der Waals surface area (Å²) in [4.78, 5) is 19.0. The number of benzene rings is 2. The van der Waals surface area contributed by atoms with Gasteiger partial charge in [0.15, 0.2) is 5.82 Å². The third kappa shape index (κ3) is 4.71. The molecular formula is C27H32N6O2. The average molecular weight is 473 g/mol. The highest BCUT2D eigenvalue weighted by atomic mass is 16.5. The fraction of sp³-hybridized carbons (Fsp3) is 0.407. The Morgan fingerprint density at radius 2 is 1.86 bits per heavy atom. The van der Waals surface area contributed by atoms with Gasteiger partial charge in [-0.25, -0.2) is 4.68 Å². The summed E-state index contributed by atoms with van der Waals surface area (Å²) in [6.45, 7) is 8.70. The van der Waals surface area contributed by atoms with E-state index < -0.39 is 0 Å². The van der Waals surface area contributed by atoms with Gasteiger partial charge in [-0.05, 0) is 96.9 Å². The van der Waals surface area contributed by atoms with E-state index in [1.165, 1.54) is 5.56 Å². The van der Waals surface area contributed by atoms with Crippen molar-refractivity contribution in [1.82, 2.24) is 30.1 Å². The summed E-state index contributed by atoms with van der Waals surface area (Å²) in [7, 11) is 1.66. The molecule has 1 aliphatic heterocycles. The highest BCUT2D eigenvalue weighted by molar-refractivity contribution is 5.83. The van der Waals surface area contributed by atoms with Crippen LogP contribution in [0.5, 0.6) is 5.75 Å². The molecule has 0 radical (unpaired) electrons. The fourth-order valence-corrected chi connectivity index (χ4v) is 5.12. The van der Waals surface area contributed by atoms with E-state index in [-0.39, 0.29) is 11.6 Å². The Hall–Kier alpha value is -3.52. The molecule has 0 unspecified atom stereocenters. The third-order valence-corrected chi connectivity index (χ3v) is 7.10. The van der Waals surface area contributed by atoms with Crippen LogP contribution < -0.4 is 10.3 Å². The lowest BCUT2D eigenvalue weighted by Crippen LogP contribution is -2.40. The molecule has 1 atom stereocenters. The first kappa shape index (κ1) is 23.2. The van der Waals surface area contributed by atoms with Gasteiger partial charge in [-0.2, -0.15) is 0 Å². The van der Waals surface area contributed by atoms with E-state index >= 15 is 0 Å². The Balaban J connectivity index is 1.60. The topological polar surface area (TPSA) is 88.9 Å². The number of piperidine rings is 1. The standard InChI is InChI=1S/C27H32N6O2/c1-17-9-11-32(12-10-17)25(23-15-21-14-18(2)13-19(3)24(21)28-27(23)34)26-29-30-31-33(26)16-20-5-7-22(35-4)8-6-20/h5-8,13-15,17,25H,9-12,16H2,1-4H3,(H,28,34)/t25-/m1/s1. The number of nitrogens with one attached hydrogen (secondary N) is 1. The van der Waals surface area contributed by atoms with Gasteiger partial charge in [-0.3, -0.25) is 9.69 Å². The van der Waals surface area contributed by atoms with Crippen LogP contribution in [-0.4, -0.2) is 50.3 Å². The number of likely N-dealkylation sites (tertiary alicyclic amines) is 1. The SMILES string of the molecule is COc1ccc(Cn2nnnc2[C@@H](c2cc3cc(C)cc(C)c3[nH]c2=O)N2CCC(C)CC2)cc1. The van der Waals surface area contributed by atoms with Crippen LogP contribution in [0.3, 0.4) is 0 Å². The van der Waals surface area contributed by atoms with Crippen molar-refractivity contribution in [2.45, 2.75) is 46.2 Å². The van der Waals surface area contributed by atoms with Crippen molar-refractivity contribution < 1.29 is 4.74 Å². The van der Waals surface area contributed by atoms with Crippen LogP contribution in [0.25, 0.3) is 10.9 Å². The van der Waals surface area contributed by atoms with Crippen LogP contribution in [0.15, 0.2) is 47.3 Å². The number of pyridine rings is 1. The molecule has 2 aromatic heterocycles. The lowest BCUT2D eigenvalue weighted by Gasteiger charge is -2.36. The molecule has 1 saturated heterocycles. The second-order valence-corrected chi connectivity index (χ2v) is 9.76. The second kappa shape index (κ2) is 9.62. The molecule has 0 spiro atoms. The van der Waals surface area contributed by atoms with E-state index in [4.69, 9.17) is 4.74 Å². The molecule has 5 rings (SSSR count). The van der Waals surface area contributed by atoms with Gasteiger partial charge in [0.25, 0.3) is 5.56 Å². The average Bonchev–Trinajstić information content (AvgIpc) is 3.29. The maximum Gasteiger partial charge on any atom is 0.253 e. The third-order valence-electron chi connectivity index (χ3n) is 7.10. The molecule has 1 N–H and O–H groups in total. The fourth-order valence-electron chi connectivity index (χ4n) is 5.12. The van der Waals surface area contributed by atoms with Crippen LogP contribution in [-0.2, 0) is 6.54 Å². The van der Waals surface area contributed by atoms with Crippen LogP contribution in [0.4, 0.5) is 0 Å². The number of rotatable bonds is 6.